The number of benzene rings is 3. The molecule has 0 aliphatic rings. The van der Waals surface area contributed by atoms with Gasteiger partial charge in [0.2, 0.25) is 5.91 Å². The molecule has 1 heterocycles. The van der Waals surface area contributed by atoms with Crippen molar-refractivity contribution >= 4 is 60.6 Å². The molecule has 2 amide bonds. The summed E-state index contributed by atoms with van der Waals surface area (Å²) in [5, 5.41) is 15.8. The maximum Gasteiger partial charge on any atom is 0.407 e. The molecule has 10 nitrogen and oxygen atoms in total. The zero-order valence-electron chi connectivity index (χ0n) is 24.2. The first-order chi connectivity index (χ1) is 19.8. The van der Waals surface area contributed by atoms with Crippen LogP contribution in [0.2, 0.25) is 0 Å². The topological polar surface area (TPSA) is 132 Å². The van der Waals surface area contributed by atoms with E-state index in [2.05, 4.69) is 15.0 Å². The van der Waals surface area contributed by atoms with E-state index in [9.17, 15) is 23.1 Å². The lowest BCUT2D eigenvalue weighted by Crippen LogP contribution is -2.45. The van der Waals surface area contributed by atoms with Crippen LogP contribution in [0.3, 0.4) is 0 Å². The second-order valence-corrected chi connectivity index (χ2v) is 13.5. The molecule has 3 N–H and O–H groups in total. The monoisotopic (exact) mass is 609 g/mol. The molecular formula is C30H35N5O5S2. The van der Waals surface area contributed by atoms with Gasteiger partial charge in [-0.1, -0.05) is 36.4 Å². The van der Waals surface area contributed by atoms with Crippen molar-refractivity contribution in [3.8, 4) is 11.3 Å². The van der Waals surface area contributed by atoms with Crippen molar-refractivity contribution < 1.29 is 23.1 Å². The van der Waals surface area contributed by atoms with Crippen molar-refractivity contribution in [2.45, 2.75) is 44.0 Å². The lowest BCUT2D eigenvalue weighted by Gasteiger charge is -2.33. The molecule has 0 radical (unpaired) electrons. The summed E-state index contributed by atoms with van der Waals surface area (Å²) in [4.78, 5) is 31.9. The minimum atomic E-state index is -3.91. The minimum absolute atomic E-state index is 0.149. The van der Waals surface area contributed by atoms with Crippen LogP contribution in [0.25, 0.3) is 22.0 Å². The first kappa shape index (κ1) is 30.8. The van der Waals surface area contributed by atoms with Crippen molar-refractivity contribution in [1.82, 2.24) is 9.88 Å². The molecule has 4 aromatic rings. The van der Waals surface area contributed by atoms with Gasteiger partial charge in [0.05, 0.1) is 10.6 Å². The van der Waals surface area contributed by atoms with Gasteiger partial charge in [-0.15, -0.1) is 11.3 Å². The molecule has 222 valence electrons. The zero-order valence-corrected chi connectivity index (χ0v) is 25.8. The van der Waals surface area contributed by atoms with Crippen molar-refractivity contribution in [1.29, 1.82) is 0 Å². The number of carbonyl (C=O) groups is 2. The third kappa shape index (κ3) is 7.18. The fourth-order valence-corrected chi connectivity index (χ4v) is 6.61. The van der Waals surface area contributed by atoms with Crippen LogP contribution < -0.4 is 14.9 Å². The van der Waals surface area contributed by atoms with Crippen molar-refractivity contribution in [2.75, 3.05) is 35.6 Å². The Balaban J connectivity index is 1.45. The normalized spacial score (nSPS) is 11.7. The quantitative estimate of drug-likeness (QED) is 0.191. The molecule has 12 heteroatoms. The van der Waals surface area contributed by atoms with Crippen LogP contribution in [-0.2, 0) is 14.8 Å². The van der Waals surface area contributed by atoms with E-state index >= 15 is 0 Å². The number of aromatic nitrogens is 1. The van der Waals surface area contributed by atoms with Crippen molar-refractivity contribution in [3.63, 3.8) is 0 Å². The molecule has 0 aliphatic heterocycles. The summed E-state index contributed by atoms with van der Waals surface area (Å²) in [7, 11) is -0.0761. The minimum Gasteiger partial charge on any atom is -0.465 e. The summed E-state index contributed by atoms with van der Waals surface area (Å²) in [6.45, 7) is 5.67. The van der Waals surface area contributed by atoms with Gasteiger partial charge in [-0.3, -0.25) is 9.52 Å². The average molecular weight is 610 g/mol. The Morgan fingerprint density at radius 3 is 2.38 bits per heavy atom. The molecule has 0 unspecified atom stereocenters. The van der Waals surface area contributed by atoms with E-state index in [1.165, 1.54) is 16.2 Å². The highest BCUT2D eigenvalue weighted by atomic mass is 32.2. The van der Waals surface area contributed by atoms with Crippen LogP contribution in [0.15, 0.2) is 70.9 Å². The molecule has 0 fully saturated rings. The molecular weight excluding hydrogens is 574 g/mol. The van der Waals surface area contributed by atoms with Gasteiger partial charge in [0, 0.05) is 65.7 Å². The Bertz CT molecular complexity index is 1710. The second kappa shape index (κ2) is 12.4. The predicted molar refractivity (Wildman–Crippen MR) is 169 cm³/mol. The number of rotatable bonds is 10. The van der Waals surface area contributed by atoms with Crippen molar-refractivity contribution in [3.05, 3.63) is 66.0 Å². The highest BCUT2D eigenvalue weighted by molar-refractivity contribution is 7.93. The molecule has 0 aliphatic carbocycles. The van der Waals surface area contributed by atoms with Gasteiger partial charge >= 0.3 is 6.09 Å². The molecule has 3 aromatic carbocycles. The van der Waals surface area contributed by atoms with Gasteiger partial charge < -0.3 is 20.2 Å². The lowest BCUT2D eigenvalue weighted by atomic mass is 10.1. The van der Waals surface area contributed by atoms with Gasteiger partial charge in [0.1, 0.15) is 0 Å². The van der Waals surface area contributed by atoms with Crippen molar-refractivity contribution in [2.24, 2.45) is 0 Å². The third-order valence-electron chi connectivity index (χ3n) is 6.62. The first-order valence-electron chi connectivity index (χ1n) is 13.3. The van der Waals surface area contributed by atoms with Gasteiger partial charge in [-0.05, 0) is 51.5 Å². The van der Waals surface area contributed by atoms with Crippen LogP contribution in [0.4, 0.5) is 21.3 Å². The molecule has 42 heavy (non-hydrogen) atoms. The Labute approximate surface area is 250 Å². The highest BCUT2D eigenvalue weighted by Gasteiger charge is 2.25. The summed E-state index contributed by atoms with van der Waals surface area (Å²) in [6, 6.07) is 17.7. The fourth-order valence-electron chi connectivity index (χ4n) is 4.60. The standard InChI is InChI=1S/C30H35N5O5S2/c1-30(2,3)35(29(37)38)17-9-16-27(36)32-28-31-24(19-41-28)20-10-6-11-21(18-20)33-42(39,40)26-15-8-12-22-23(26)13-7-14-25(22)34(4)5/h6-8,10-15,18-19,33H,9,16-17H2,1-5H3,(H,37,38)(H,31,32,36). The van der Waals surface area contributed by atoms with Crippen LogP contribution in [0.5, 0.6) is 0 Å². The van der Waals surface area contributed by atoms with Crippen LogP contribution in [0.1, 0.15) is 33.6 Å². The van der Waals surface area contributed by atoms with Gasteiger partial charge in [-0.25, -0.2) is 18.2 Å². The Morgan fingerprint density at radius 1 is 1.00 bits per heavy atom. The molecule has 0 bridgehead atoms. The van der Waals surface area contributed by atoms with Crippen LogP contribution >= 0.6 is 11.3 Å². The molecule has 0 saturated carbocycles. The molecule has 0 atom stereocenters. The lowest BCUT2D eigenvalue weighted by molar-refractivity contribution is -0.116. The van der Waals surface area contributed by atoms with E-state index < -0.39 is 21.7 Å². The summed E-state index contributed by atoms with van der Waals surface area (Å²) in [6.07, 6.45) is -0.494. The molecule has 1 aromatic heterocycles. The molecule has 4 rings (SSSR count). The largest absolute Gasteiger partial charge is 0.465 e. The Morgan fingerprint density at radius 2 is 1.69 bits per heavy atom. The Kier molecular flexibility index (Phi) is 9.07. The fraction of sp³-hybridized carbons (Fsp3) is 0.300. The summed E-state index contributed by atoms with van der Waals surface area (Å²) < 4.78 is 29.6. The van der Waals surface area contributed by atoms with E-state index in [4.69, 9.17) is 0 Å². The van der Waals surface area contributed by atoms with Gasteiger partial charge in [0.25, 0.3) is 10.0 Å². The predicted octanol–water partition coefficient (Wildman–Crippen LogP) is 6.33. The summed E-state index contributed by atoms with van der Waals surface area (Å²) in [5.74, 6) is -0.260. The number of nitrogens with one attached hydrogen (secondary N) is 2. The number of fused-ring (bicyclic) bond motifs is 1. The number of nitrogens with zero attached hydrogens (tertiary/aromatic N) is 3. The molecule has 0 spiro atoms. The van der Waals surface area contributed by atoms with E-state index in [1.54, 1.807) is 41.8 Å². The number of hydrogen-bond donors (Lipinski definition) is 3. The smallest absolute Gasteiger partial charge is 0.407 e. The number of anilines is 3. The number of hydrogen-bond acceptors (Lipinski definition) is 7. The maximum absolute atomic E-state index is 13.5. The number of carboxylic acid groups (broad SMARTS) is 1. The zero-order chi connectivity index (χ0) is 30.7. The first-order valence-corrected chi connectivity index (χ1v) is 15.7. The summed E-state index contributed by atoms with van der Waals surface area (Å²) in [5.41, 5.74) is 2.02. The number of carbonyl (C=O) groups excluding carboxylic acids is 1. The Hall–Kier alpha value is -4.16. The molecule has 0 saturated heterocycles. The summed E-state index contributed by atoms with van der Waals surface area (Å²) >= 11 is 1.25. The average Bonchev–Trinajstić information content (AvgIpc) is 3.37. The maximum atomic E-state index is 13.5. The van der Waals surface area contributed by atoms with E-state index in [0.717, 1.165) is 11.1 Å². The number of amides is 2. The SMILES string of the molecule is CN(C)c1cccc2c(S(=O)(=O)Nc3cccc(-c4csc(NC(=O)CCCN(C(=O)O)C(C)(C)C)n4)c3)cccc12. The van der Waals surface area contributed by atoms with Crippen LogP contribution in [0, 0.1) is 0 Å². The number of sulfonamides is 1. The van der Waals surface area contributed by atoms with E-state index in [0.29, 0.717) is 33.9 Å². The highest BCUT2D eigenvalue weighted by Crippen LogP contribution is 2.32. The third-order valence-corrected chi connectivity index (χ3v) is 8.81. The van der Waals surface area contributed by atoms with Gasteiger partial charge in [0.15, 0.2) is 5.13 Å². The van der Waals surface area contributed by atoms with Crippen LogP contribution in [-0.4, -0.2) is 61.6 Å². The van der Waals surface area contributed by atoms with E-state index in [-0.39, 0.29) is 23.8 Å². The van der Waals surface area contributed by atoms with E-state index in [1.807, 2.05) is 64.0 Å². The number of thiazole rings is 1. The second-order valence-electron chi connectivity index (χ2n) is 11.0. The van der Waals surface area contributed by atoms with Gasteiger partial charge in [-0.2, -0.15) is 0 Å².